The molecule has 1 aliphatic heterocycles. The van der Waals surface area contributed by atoms with Gasteiger partial charge in [-0.2, -0.15) is 13.2 Å². The molecule has 1 atom stereocenters. The lowest BCUT2D eigenvalue weighted by atomic mass is 9.99. The molecule has 21 heteroatoms. The highest BCUT2D eigenvalue weighted by atomic mass is 35.5. The van der Waals surface area contributed by atoms with E-state index in [1.165, 1.54) is 36.0 Å². The molecule has 1 fully saturated rings. The molecule has 7 rings (SSSR count). The number of benzene rings is 5. The lowest BCUT2D eigenvalue weighted by Crippen LogP contribution is -2.46. The van der Waals surface area contributed by atoms with Crippen molar-refractivity contribution in [3.63, 3.8) is 0 Å². The zero-order chi connectivity index (χ0) is 52.3. The number of hydrogen-bond acceptors (Lipinski definition) is 11. The van der Waals surface area contributed by atoms with Crippen molar-refractivity contribution >= 4 is 75.8 Å². The molecule has 2 N–H and O–H groups in total. The van der Waals surface area contributed by atoms with Crippen LogP contribution in [0.4, 0.5) is 40.3 Å². The molecule has 1 aliphatic rings. The normalized spacial score (nSPS) is 14.3. The molecule has 2 heterocycles. The molecule has 5 aromatic carbocycles. The largest absolute Gasteiger partial charge is 0.501 e. The van der Waals surface area contributed by atoms with Crippen LogP contribution >= 0.6 is 23.4 Å². The Labute approximate surface area is 429 Å². The van der Waals surface area contributed by atoms with Gasteiger partial charge in [-0.3, -0.25) is 4.72 Å². The van der Waals surface area contributed by atoms with Crippen LogP contribution in [-0.4, -0.2) is 105 Å². The second kappa shape index (κ2) is 22.1. The lowest BCUT2D eigenvalue weighted by Gasteiger charge is -2.37. The highest BCUT2D eigenvalue weighted by Crippen LogP contribution is 2.45. The summed E-state index contributed by atoms with van der Waals surface area (Å²) in [4.78, 5) is 5.21. The van der Waals surface area contributed by atoms with Crippen molar-refractivity contribution < 1.29 is 42.8 Å². The standard InChI is InChI=1S/C51H57ClF4N6O6S4/c1-7-59(5)24-23-41(33-69-44-11-9-8-10-12-44)57-46-22-21-45(32-47(46)71(65,66)51(54,55)56)72(67,68)58-40-17-19-42(20-18-40)60-25-27-61(28-26-60)43-30-37(29-39(53)31-43)48-49(36-13-15-38(52)16-14-36)62(34(2)3)35(4)50(48)70(6,63)64/h8-22,29-32,34,41,57-58H,7,23-28,33H2,1-6H3/t41-/m1/s1. The minimum atomic E-state index is -6.02. The van der Waals surface area contributed by atoms with E-state index in [0.29, 0.717) is 90.7 Å². The highest BCUT2D eigenvalue weighted by molar-refractivity contribution is 7.99. The van der Waals surface area contributed by atoms with Crippen LogP contribution < -0.4 is 19.8 Å². The van der Waals surface area contributed by atoms with Gasteiger partial charge >= 0.3 is 5.51 Å². The number of halogens is 5. The predicted molar refractivity (Wildman–Crippen MR) is 282 cm³/mol. The van der Waals surface area contributed by atoms with E-state index in [2.05, 4.69) is 10.0 Å². The van der Waals surface area contributed by atoms with E-state index in [0.717, 1.165) is 34.5 Å². The fraction of sp³-hybridized carbons (Fsp3) is 0.333. The second-order valence-corrected chi connectivity index (χ2v) is 25.0. The van der Waals surface area contributed by atoms with Gasteiger partial charge in [0.2, 0.25) is 0 Å². The van der Waals surface area contributed by atoms with Crippen molar-refractivity contribution in [2.24, 2.45) is 0 Å². The first-order valence-corrected chi connectivity index (χ1v) is 29.3. The molecule has 0 unspecified atom stereocenters. The third-order valence-corrected chi connectivity index (χ3v) is 18.1. The van der Waals surface area contributed by atoms with Gasteiger partial charge in [-0.25, -0.2) is 29.6 Å². The van der Waals surface area contributed by atoms with Crippen molar-refractivity contribution in [3.8, 4) is 22.4 Å². The van der Waals surface area contributed by atoms with E-state index >= 15 is 4.39 Å². The van der Waals surface area contributed by atoms with E-state index in [9.17, 15) is 38.4 Å². The SMILES string of the molecule is CCN(C)CC[C@H](CSc1ccccc1)Nc1ccc(S(=O)(=O)Nc2ccc(N3CCN(c4cc(F)cc(-c5c(S(C)(=O)=O)c(C)n(C(C)C)c5-c5ccc(Cl)cc5)c4)CC3)cc2)cc1S(=O)(=O)C(F)(F)F. The Balaban J connectivity index is 1.09. The van der Waals surface area contributed by atoms with Gasteiger partial charge in [-0.15, -0.1) is 11.8 Å². The number of alkyl halides is 3. The average molecular weight is 1090 g/mol. The first kappa shape index (κ1) is 54.5. The van der Waals surface area contributed by atoms with Crippen LogP contribution in [0.15, 0.2) is 135 Å². The van der Waals surface area contributed by atoms with E-state index in [-0.39, 0.29) is 22.3 Å². The van der Waals surface area contributed by atoms with Crippen LogP contribution in [0.25, 0.3) is 22.4 Å². The molecule has 6 aromatic rings. The Morgan fingerprint density at radius 3 is 2.00 bits per heavy atom. The van der Waals surface area contributed by atoms with Gasteiger partial charge in [0.05, 0.1) is 21.2 Å². The Kier molecular flexibility index (Phi) is 16.7. The van der Waals surface area contributed by atoms with E-state index < -0.39 is 56.9 Å². The van der Waals surface area contributed by atoms with Crippen molar-refractivity contribution in [2.75, 3.05) is 78.2 Å². The third kappa shape index (κ3) is 12.4. The Morgan fingerprint density at radius 2 is 1.42 bits per heavy atom. The van der Waals surface area contributed by atoms with Gasteiger partial charge in [0.15, 0.2) is 9.84 Å². The summed E-state index contributed by atoms with van der Waals surface area (Å²) in [7, 11) is -12.5. The molecule has 0 bridgehead atoms. The number of sulfonamides is 1. The van der Waals surface area contributed by atoms with E-state index in [1.807, 2.05) is 89.6 Å². The van der Waals surface area contributed by atoms with Gasteiger partial charge < -0.3 is 24.6 Å². The molecule has 0 amide bonds. The Hall–Kier alpha value is -5.25. The van der Waals surface area contributed by atoms with Gasteiger partial charge in [0.25, 0.3) is 19.9 Å². The second-order valence-electron chi connectivity index (χ2n) is 18.0. The van der Waals surface area contributed by atoms with Crippen LogP contribution in [0.2, 0.25) is 5.02 Å². The lowest BCUT2D eigenvalue weighted by molar-refractivity contribution is -0.0435. The van der Waals surface area contributed by atoms with Crippen LogP contribution in [0, 0.1) is 12.7 Å². The van der Waals surface area contributed by atoms with Gasteiger partial charge in [-0.05, 0) is 143 Å². The van der Waals surface area contributed by atoms with E-state index in [1.54, 1.807) is 37.3 Å². The maximum atomic E-state index is 15.7. The summed E-state index contributed by atoms with van der Waals surface area (Å²) in [5.41, 5.74) is -2.05. The summed E-state index contributed by atoms with van der Waals surface area (Å²) in [6.07, 6.45) is 1.60. The maximum absolute atomic E-state index is 15.7. The van der Waals surface area contributed by atoms with Gasteiger partial charge in [0, 0.05) is 88.5 Å². The fourth-order valence-electron chi connectivity index (χ4n) is 8.82. The number of aromatic nitrogens is 1. The molecule has 1 saturated heterocycles. The molecule has 386 valence electrons. The van der Waals surface area contributed by atoms with Crippen LogP contribution in [0.1, 0.15) is 38.9 Å². The minimum Gasteiger partial charge on any atom is -0.380 e. The van der Waals surface area contributed by atoms with Crippen molar-refractivity contribution in [2.45, 2.75) is 71.3 Å². The topological polar surface area (TPSA) is 141 Å². The molecule has 0 aliphatic carbocycles. The highest BCUT2D eigenvalue weighted by Gasteiger charge is 2.48. The Bertz CT molecular complexity index is 3230. The molecule has 1 aromatic heterocycles. The summed E-state index contributed by atoms with van der Waals surface area (Å²) in [5, 5.41) is 3.51. The van der Waals surface area contributed by atoms with Crippen molar-refractivity contribution in [3.05, 3.63) is 132 Å². The fourth-order valence-corrected chi connectivity index (χ4v) is 13.3. The number of nitrogens with zero attached hydrogens (tertiary/aromatic N) is 4. The number of thioether (sulfide) groups is 1. The first-order chi connectivity index (χ1) is 33.9. The predicted octanol–water partition coefficient (Wildman–Crippen LogP) is 11.2. The molecule has 0 radical (unpaired) electrons. The summed E-state index contributed by atoms with van der Waals surface area (Å²) >= 11 is 7.69. The van der Waals surface area contributed by atoms with Crippen LogP contribution in [-0.2, 0) is 29.7 Å². The number of nitrogens with one attached hydrogen (secondary N) is 2. The maximum Gasteiger partial charge on any atom is 0.501 e. The third-order valence-electron chi connectivity index (χ3n) is 12.5. The summed E-state index contributed by atoms with van der Waals surface area (Å²) in [5.74, 6) is -0.163. The molecule has 12 nitrogen and oxygen atoms in total. The molecular formula is C51H57ClF4N6O6S4. The number of anilines is 4. The molecule has 0 saturated carbocycles. The smallest absolute Gasteiger partial charge is 0.380 e. The van der Waals surface area contributed by atoms with Gasteiger partial charge in [0.1, 0.15) is 10.7 Å². The number of sulfone groups is 2. The Morgan fingerprint density at radius 1 is 0.792 bits per heavy atom. The van der Waals surface area contributed by atoms with E-state index in [4.69, 9.17) is 11.6 Å². The summed E-state index contributed by atoms with van der Waals surface area (Å²) in [6.45, 7) is 10.7. The number of rotatable bonds is 19. The zero-order valence-electron chi connectivity index (χ0n) is 40.5. The summed E-state index contributed by atoms with van der Waals surface area (Å²) < 4.78 is 143. The molecular weight excluding hydrogens is 1030 g/mol. The molecule has 72 heavy (non-hydrogen) atoms. The molecule has 0 spiro atoms. The number of piperazine rings is 1. The first-order valence-electron chi connectivity index (χ1n) is 23.1. The van der Waals surface area contributed by atoms with Crippen LogP contribution in [0.5, 0.6) is 0 Å². The van der Waals surface area contributed by atoms with Crippen molar-refractivity contribution in [1.82, 2.24) is 9.47 Å². The zero-order valence-corrected chi connectivity index (χ0v) is 44.6. The van der Waals surface area contributed by atoms with Crippen molar-refractivity contribution in [1.29, 1.82) is 0 Å². The minimum absolute atomic E-state index is 0.0816. The van der Waals surface area contributed by atoms with Gasteiger partial charge in [-0.1, -0.05) is 48.9 Å². The monoisotopic (exact) mass is 1090 g/mol. The quantitative estimate of drug-likeness (QED) is 0.0591. The van der Waals surface area contributed by atoms with Crippen LogP contribution in [0.3, 0.4) is 0 Å². The summed E-state index contributed by atoms with van der Waals surface area (Å²) in [6, 6.07) is 29.3. The number of hydrogen-bond donors (Lipinski definition) is 2. The average Bonchev–Trinajstić information content (AvgIpc) is 3.66.